The van der Waals surface area contributed by atoms with Crippen molar-refractivity contribution in [2.75, 3.05) is 13.6 Å². The number of rotatable bonds is 2. The summed E-state index contributed by atoms with van der Waals surface area (Å²) in [5, 5.41) is 5.85. The minimum Gasteiger partial charge on any atom is -0.305 e. The Morgan fingerprint density at radius 2 is 1.63 bits per heavy atom. The Morgan fingerprint density at radius 3 is 2.05 bits per heavy atom. The third-order valence-corrected chi connectivity index (χ3v) is 3.03. The smallest absolute Gasteiger partial charge is 0.165 e. The summed E-state index contributed by atoms with van der Waals surface area (Å²) in [4.78, 5) is 0. The van der Waals surface area contributed by atoms with Crippen LogP contribution in [0.3, 0.4) is 0 Å². The standard InChI is InChI=1S/C11H12F4N2.2ClH/c1-16-8-2-5(4-17-8)9-10(14)6(12)3-7(13)11(9)15;;/h3,5,8,16-17H,2,4H2,1H3;2*1H/t5-,8?;;/m0../s1. The molecule has 8 heteroatoms. The largest absolute Gasteiger partial charge is 0.305 e. The van der Waals surface area contributed by atoms with Gasteiger partial charge in [-0.15, -0.1) is 24.8 Å². The average Bonchev–Trinajstić information content (AvgIpc) is 2.75. The summed E-state index contributed by atoms with van der Waals surface area (Å²) < 4.78 is 53.1. The fourth-order valence-corrected chi connectivity index (χ4v) is 2.13. The van der Waals surface area contributed by atoms with E-state index < -0.39 is 34.8 Å². The zero-order valence-electron chi connectivity index (χ0n) is 9.97. The van der Waals surface area contributed by atoms with Crippen molar-refractivity contribution in [2.45, 2.75) is 18.5 Å². The molecule has 19 heavy (non-hydrogen) atoms. The molecule has 1 unspecified atom stereocenters. The average molecular weight is 321 g/mol. The van der Waals surface area contributed by atoms with Crippen molar-refractivity contribution in [2.24, 2.45) is 0 Å². The highest BCUT2D eigenvalue weighted by Gasteiger charge is 2.31. The Morgan fingerprint density at radius 1 is 1.11 bits per heavy atom. The highest BCUT2D eigenvalue weighted by molar-refractivity contribution is 5.85. The van der Waals surface area contributed by atoms with Crippen molar-refractivity contribution in [1.82, 2.24) is 10.6 Å². The molecule has 0 aliphatic carbocycles. The summed E-state index contributed by atoms with van der Waals surface area (Å²) in [5.41, 5.74) is -0.507. The minimum atomic E-state index is -1.35. The Labute approximate surface area is 120 Å². The van der Waals surface area contributed by atoms with E-state index in [-0.39, 0.29) is 43.6 Å². The second-order valence-electron chi connectivity index (χ2n) is 4.06. The molecule has 1 aliphatic heterocycles. The maximum Gasteiger partial charge on any atom is 0.165 e. The lowest BCUT2D eigenvalue weighted by Gasteiger charge is -2.13. The number of nitrogens with one attached hydrogen (secondary N) is 2. The van der Waals surface area contributed by atoms with E-state index in [1.54, 1.807) is 7.05 Å². The molecule has 1 aromatic rings. The van der Waals surface area contributed by atoms with Gasteiger partial charge in [-0.25, -0.2) is 17.6 Å². The predicted octanol–water partition coefficient (Wildman–Crippen LogP) is 2.71. The first-order valence-electron chi connectivity index (χ1n) is 5.28. The third-order valence-electron chi connectivity index (χ3n) is 3.03. The van der Waals surface area contributed by atoms with Crippen LogP contribution >= 0.6 is 24.8 Å². The summed E-state index contributed by atoms with van der Waals surface area (Å²) >= 11 is 0. The van der Waals surface area contributed by atoms with Crippen LogP contribution in [0.15, 0.2) is 6.07 Å². The fraction of sp³-hybridized carbons (Fsp3) is 0.455. The van der Waals surface area contributed by atoms with E-state index in [1.807, 2.05) is 0 Å². The normalized spacial score (nSPS) is 21.7. The van der Waals surface area contributed by atoms with Gasteiger partial charge in [0.25, 0.3) is 0 Å². The van der Waals surface area contributed by atoms with Crippen molar-refractivity contribution < 1.29 is 17.6 Å². The molecule has 1 aromatic carbocycles. The van der Waals surface area contributed by atoms with Gasteiger partial charge in [-0.3, -0.25) is 0 Å². The zero-order valence-corrected chi connectivity index (χ0v) is 11.6. The van der Waals surface area contributed by atoms with Gasteiger partial charge in [0.15, 0.2) is 23.3 Å². The van der Waals surface area contributed by atoms with Gasteiger partial charge in [0.2, 0.25) is 0 Å². The van der Waals surface area contributed by atoms with Crippen molar-refractivity contribution >= 4 is 24.8 Å². The number of hydrogen-bond donors (Lipinski definition) is 2. The quantitative estimate of drug-likeness (QED) is 0.646. The first-order valence-corrected chi connectivity index (χ1v) is 5.28. The van der Waals surface area contributed by atoms with Crippen LogP contribution in [0.5, 0.6) is 0 Å². The van der Waals surface area contributed by atoms with Gasteiger partial charge in [-0.1, -0.05) is 0 Å². The predicted molar refractivity (Wildman–Crippen MR) is 69.0 cm³/mol. The highest BCUT2D eigenvalue weighted by Crippen LogP contribution is 2.31. The maximum absolute atomic E-state index is 13.5. The Bertz CT molecular complexity index is 419. The van der Waals surface area contributed by atoms with E-state index in [0.29, 0.717) is 6.42 Å². The molecular formula is C11H14Cl2F4N2. The Hall–Kier alpha value is -0.560. The maximum atomic E-state index is 13.5. The second kappa shape index (κ2) is 7.28. The van der Waals surface area contributed by atoms with E-state index in [1.165, 1.54) is 0 Å². The van der Waals surface area contributed by atoms with Crippen LogP contribution < -0.4 is 10.6 Å². The molecule has 0 bridgehead atoms. The lowest BCUT2D eigenvalue weighted by Crippen LogP contribution is -2.34. The van der Waals surface area contributed by atoms with Gasteiger partial charge in [0, 0.05) is 24.1 Å². The molecule has 0 amide bonds. The Kier molecular flexibility index (Phi) is 7.07. The molecule has 1 saturated heterocycles. The number of hydrogen-bond acceptors (Lipinski definition) is 2. The monoisotopic (exact) mass is 320 g/mol. The van der Waals surface area contributed by atoms with Crippen LogP contribution in [0.2, 0.25) is 0 Å². The van der Waals surface area contributed by atoms with E-state index >= 15 is 0 Å². The van der Waals surface area contributed by atoms with Crippen molar-refractivity contribution in [3.8, 4) is 0 Å². The van der Waals surface area contributed by atoms with Gasteiger partial charge in [0.1, 0.15) is 0 Å². The summed E-state index contributed by atoms with van der Waals surface area (Å²) in [6, 6.07) is 0.228. The van der Waals surface area contributed by atoms with E-state index in [4.69, 9.17) is 0 Å². The Balaban J connectivity index is 0.00000162. The molecule has 2 rings (SSSR count). The van der Waals surface area contributed by atoms with E-state index in [0.717, 1.165) is 0 Å². The fourth-order valence-electron chi connectivity index (χ4n) is 2.13. The molecule has 0 spiro atoms. The summed E-state index contributed by atoms with van der Waals surface area (Å²) in [7, 11) is 1.69. The van der Waals surface area contributed by atoms with Crippen LogP contribution in [-0.2, 0) is 0 Å². The van der Waals surface area contributed by atoms with Crippen LogP contribution in [0.4, 0.5) is 17.6 Å². The van der Waals surface area contributed by atoms with Crippen LogP contribution in [-0.4, -0.2) is 19.8 Å². The molecule has 1 fully saturated rings. The first-order chi connectivity index (χ1) is 8.04. The summed E-state index contributed by atoms with van der Waals surface area (Å²) in [5.74, 6) is -5.88. The van der Waals surface area contributed by atoms with E-state index in [2.05, 4.69) is 10.6 Å². The van der Waals surface area contributed by atoms with Gasteiger partial charge in [-0.2, -0.15) is 0 Å². The molecule has 1 aliphatic rings. The lowest BCUT2D eigenvalue weighted by atomic mass is 9.96. The molecule has 2 N–H and O–H groups in total. The molecule has 2 atom stereocenters. The molecule has 0 radical (unpaired) electrons. The molecule has 0 saturated carbocycles. The van der Waals surface area contributed by atoms with Crippen LogP contribution in [0.25, 0.3) is 0 Å². The molecule has 2 nitrogen and oxygen atoms in total. The summed E-state index contributed by atoms with van der Waals surface area (Å²) in [6.07, 6.45) is 0.276. The number of benzene rings is 1. The van der Waals surface area contributed by atoms with Crippen molar-refractivity contribution in [3.05, 3.63) is 34.9 Å². The number of halogens is 6. The van der Waals surface area contributed by atoms with Gasteiger partial charge < -0.3 is 10.6 Å². The topological polar surface area (TPSA) is 24.1 Å². The molecule has 110 valence electrons. The third kappa shape index (κ3) is 3.51. The van der Waals surface area contributed by atoms with Crippen molar-refractivity contribution in [1.29, 1.82) is 0 Å². The highest BCUT2D eigenvalue weighted by atomic mass is 35.5. The second-order valence-corrected chi connectivity index (χ2v) is 4.06. The molecule has 0 aromatic heterocycles. The van der Waals surface area contributed by atoms with Crippen LogP contribution in [0.1, 0.15) is 17.9 Å². The van der Waals surface area contributed by atoms with Crippen LogP contribution in [0, 0.1) is 23.3 Å². The van der Waals surface area contributed by atoms with Gasteiger partial charge >= 0.3 is 0 Å². The minimum absolute atomic E-state index is 0. The van der Waals surface area contributed by atoms with Gasteiger partial charge in [0.05, 0.1) is 6.17 Å². The molecular weight excluding hydrogens is 307 g/mol. The zero-order chi connectivity index (χ0) is 12.6. The SMILES string of the molecule is CNC1C[C@H](c2c(F)c(F)cc(F)c2F)CN1.Cl.Cl. The summed E-state index contributed by atoms with van der Waals surface area (Å²) in [6.45, 7) is 0.280. The van der Waals surface area contributed by atoms with Gasteiger partial charge in [-0.05, 0) is 13.5 Å². The first kappa shape index (κ1) is 18.4. The van der Waals surface area contributed by atoms with E-state index in [9.17, 15) is 17.6 Å². The van der Waals surface area contributed by atoms with Crippen molar-refractivity contribution in [3.63, 3.8) is 0 Å². The molecule has 1 heterocycles. The lowest BCUT2D eigenvalue weighted by molar-refractivity contribution is 0.426.